The molecule has 1 rings (SSSR count). The minimum Gasteiger partial charge on any atom is -0.207 e. The Morgan fingerprint density at radius 1 is 1.46 bits per heavy atom. The van der Waals surface area contributed by atoms with Gasteiger partial charge >= 0.3 is 0 Å². The van der Waals surface area contributed by atoms with Crippen LogP contribution in [-0.2, 0) is 0 Å². The second-order valence-electron chi connectivity index (χ2n) is 2.55. The van der Waals surface area contributed by atoms with Crippen molar-refractivity contribution < 1.29 is 8.78 Å². The lowest BCUT2D eigenvalue weighted by molar-refractivity contribution is 0.562. The zero-order valence-corrected chi connectivity index (χ0v) is 6.91. The Balaban J connectivity index is 3.08. The average molecular weight is 183 g/mol. The molecule has 0 amide bonds. The summed E-state index contributed by atoms with van der Waals surface area (Å²) in [5.41, 5.74) is 8.30. The Hall–Kier alpha value is -1.61. The van der Waals surface area contributed by atoms with Gasteiger partial charge in [0, 0.05) is 11.0 Å². The van der Waals surface area contributed by atoms with Gasteiger partial charge < -0.3 is 0 Å². The van der Waals surface area contributed by atoms with E-state index in [0.717, 1.165) is 12.1 Å². The molecule has 1 aromatic rings. The van der Waals surface area contributed by atoms with E-state index in [1.165, 1.54) is 13.0 Å². The minimum atomic E-state index is -0.695. The fraction of sp³-hybridized carbons (Fsp3) is 0.250. The maximum absolute atomic E-state index is 13.0. The molecule has 1 aromatic carbocycles. The Morgan fingerprint density at radius 3 is 2.69 bits per heavy atom. The summed E-state index contributed by atoms with van der Waals surface area (Å²) in [7, 11) is 0. The van der Waals surface area contributed by atoms with Crippen molar-refractivity contribution in [3.05, 3.63) is 45.8 Å². The second-order valence-corrected chi connectivity index (χ2v) is 2.55. The summed E-state index contributed by atoms with van der Waals surface area (Å²) in [4.78, 5) is 2.54. The molecule has 0 radical (unpaired) electrons. The van der Waals surface area contributed by atoms with Crippen molar-refractivity contribution in [2.75, 3.05) is 0 Å². The molecule has 0 spiro atoms. The van der Waals surface area contributed by atoms with Crippen molar-refractivity contribution >= 4 is 0 Å². The maximum atomic E-state index is 13.0. The van der Waals surface area contributed by atoms with Gasteiger partial charge in [0.2, 0.25) is 0 Å². The first-order valence-corrected chi connectivity index (χ1v) is 3.64. The van der Waals surface area contributed by atoms with Gasteiger partial charge in [-0.25, -0.2) is 8.78 Å². The molecular formula is C8H7F2N3. The van der Waals surface area contributed by atoms with Gasteiger partial charge in [0.15, 0.2) is 0 Å². The third-order valence-electron chi connectivity index (χ3n) is 1.64. The van der Waals surface area contributed by atoms with Crippen LogP contribution in [0.1, 0.15) is 18.5 Å². The summed E-state index contributed by atoms with van der Waals surface area (Å²) in [6.07, 6.45) is 0. The molecule has 5 heteroatoms. The predicted octanol–water partition coefficient (Wildman–Crippen LogP) is 3.34. The summed E-state index contributed by atoms with van der Waals surface area (Å²) in [6.45, 7) is 1.54. The smallest absolute Gasteiger partial charge is 0.129 e. The van der Waals surface area contributed by atoms with Crippen LogP contribution in [-0.4, -0.2) is 0 Å². The van der Waals surface area contributed by atoms with Crippen LogP contribution >= 0.6 is 0 Å². The number of benzene rings is 1. The number of halogens is 2. The van der Waals surface area contributed by atoms with Crippen molar-refractivity contribution in [2.24, 2.45) is 5.11 Å². The fourth-order valence-corrected chi connectivity index (χ4v) is 0.980. The zero-order valence-electron chi connectivity index (χ0n) is 6.91. The Bertz CT molecular complexity index is 358. The van der Waals surface area contributed by atoms with Gasteiger partial charge in [-0.2, -0.15) is 0 Å². The highest BCUT2D eigenvalue weighted by Gasteiger charge is 2.09. The highest BCUT2D eigenvalue weighted by atomic mass is 19.1. The molecule has 0 aliphatic heterocycles. The van der Waals surface area contributed by atoms with Crippen LogP contribution in [0.5, 0.6) is 0 Å². The maximum Gasteiger partial charge on any atom is 0.129 e. The predicted molar refractivity (Wildman–Crippen MR) is 43.9 cm³/mol. The molecule has 3 nitrogen and oxygen atoms in total. The van der Waals surface area contributed by atoms with Crippen molar-refractivity contribution in [1.29, 1.82) is 0 Å². The number of hydrogen-bond donors (Lipinski definition) is 0. The van der Waals surface area contributed by atoms with Gasteiger partial charge in [0.05, 0.1) is 6.04 Å². The lowest BCUT2D eigenvalue weighted by atomic mass is 10.1. The van der Waals surface area contributed by atoms with E-state index < -0.39 is 17.7 Å². The molecular weight excluding hydrogens is 176 g/mol. The van der Waals surface area contributed by atoms with E-state index in [9.17, 15) is 8.78 Å². The number of hydrogen-bond acceptors (Lipinski definition) is 1. The second kappa shape index (κ2) is 3.87. The summed E-state index contributed by atoms with van der Waals surface area (Å²) >= 11 is 0. The van der Waals surface area contributed by atoms with Crippen LogP contribution in [0.25, 0.3) is 10.4 Å². The Kier molecular flexibility index (Phi) is 2.82. The molecule has 0 heterocycles. The van der Waals surface area contributed by atoms with Gasteiger partial charge in [-0.3, -0.25) is 0 Å². The fourth-order valence-electron chi connectivity index (χ4n) is 0.980. The molecule has 0 saturated carbocycles. The molecule has 0 N–H and O–H groups in total. The van der Waals surface area contributed by atoms with Gasteiger partial charge in [-0.1, -0.05) is 18.1 Å². The molecule has 68 valence electrons. The van der Waals surface area contributed by atoms with E-state index >= 15 is 0 Å². The number of rotatable bonds is 2. The van der Waals surface area contributed by atoms with Gasteiger partial charge in [0.1, 0.15) is 11.6 Å². The van der Waals surface area contributed by atoms with Crippen molar-refractivity contribution in [3.63, 3.8) is 0 Å². The van der Waals surface area contributed by atoms with Crippen LogP contribution in [0.4, 0.5) is 8.78 Å². The molecule has 0 saturated heterocycles. The summed E-state index contributed by atoms with van der Waals surface area (Å²) in [5, 5.41) is 3.30. The molecule has 0 bridgehead atoms. The lowest BCUT2D eigenvalue weighted by Gasteiger charge is -2.05. The Morgan fingerprint density at radius 2 is 2.15 bits per heavy atom. The standard InChI is InChI=1S/C8H7F2N3/c1-5(12-13-11)7-3-2-6(9)4-8(7)10/h2-5H,1H3. The topological polar surface area (TPSA) is 48.8 Å². The summed E-state index contributed by atoms with van der Waals surface area (Å²) in [6, 6.07) is 2.54. The molecule has 0 aliphatic carbocycles. The van der Waals surface area contributed by atoms with Crippen LogP contribution in [0.2, 0.25) is 0 Å². The molecule has 0 fully saturated rings. The van der Waals surface area contributed by atoms with Gasteiger partial charge in [-0.05, 0) is 17.2 Å². The van der Waals surface area contributed by atoms with Crippen molar-refractivity contribution in [3.8, 4) is 0 Å². The first-order chi connectivity index (χ1) is 6.15. The van der Waals surface area contributed by atoms with Crippen LogP contribution < -0.4 is 0 Å². The molecule has 0 aliphatic rings. The lowest BCUT2D eigenvalue weighted by Crippen LogP contribution is -1.94. The molecule has 13 heavy (non-hydrogen) atoms. The van der Waals surface area contributed by atoms with Crippen LogP contribution in [0.3, 0.4) is 0 Å². The highest BCUT2D eigenvalue weighted by Crippen LogP contribution is 2.20. The van der Waals surface area contributed by atoms with E-state index in [4.69, 9.17) is 5.53 Å². The molecule has 1 unspecified atom stereocenters. The van der Waals surface area contributed by atoms with Crippen LogP contribution in [0.15, 0.2) is 23.3 Å². The third kappa shape index (κ3) is 2.16. The normalized spacial score (nSPS) is 11.9. The largest absolute Gasteiger partial charge is 0.207 e. The van der Waals surface area contributed by atoms with E-state index in [0.29, 0.717) is 0 Å². The van der Waals surface area contributed by atoms with E-state index in [1.54, 1.807) is 0 Å². The van der Waals surface area contributed by atoms with E-state index in [1.807, 2.05) is 0 Å². The monoisotopic (exact) mass is 183 g/mol. The van der Waals surface area contributed by atoms with Gasteiger partial charge in [0.25, 0.3) is 0 Å². The molecule has 0 aromatic heterocycles. The van der Waals surface area contributed by atoms with Crippen molar-refractivity contribution in [1.82, 2.24) is 0 Å². The third-order valence-corrected chi connectivity index (χ3v) is 1.64. The summed E-state index contributed by atoms with van der Waals surface area (Å²) < 4.78 is 25.5. The van der Waals surface area contributed by atoms with E-state index in [-0.39, 0.29) is 5.56 Å². The van der Waals surface area contributed by atoms with Gasteiger partial charge in [-0.15, -0.1) is 0 Å². The number of azide groups is 1. The first-order valence-electron chi connectivity index (χ1n) is 3.64. The van der Waals surface area contributed by atoms with Crippen LogP contribution in [0, 0.1) is 11.6 Å². The summed E-state index contributed by atoms with van der Waals surface area (Å²) in [5.74, 6) is -1.34. The SMILES string of the molecule is CC(N=[N+]=[N-])c1ccc(F)cc1F. The first kappa shape index (κ1) is 9.48. The van der Waals surface area contributed by atoms with Crippen molar-refractivity contribution in [2.45, 2.75) is 13.0 Å². The minimum absolute atomic E-state index is 0.194. The zero-order chi connectivity index (χ0) is 9.84. The highest BCUT2D eigenvalue weighted by molar-refractivity contribution is 5.21. The van der Waals surface area contributed by atoms with E-state index in [2.05, 4.69) is 10.0 Å². The quantitative estimate of drug-likeness (QED) is 0.383. The molecule has 1 atom stereocenters. The Labute approximate surface area is 73.6 Å². The number of nitrogens with zero attached hydrogens (tertiary/aromatic N) is 3. The average Bonchev–Trinajstić information content (AvgIpc) is 2.04.